The van der Waals surface area contributed by atoms with Crippen LogP contribution in [0.25, 0.3) is 0 Å². The standard InChI is InChI=1S/C26H29N5O4/c1-5-33-22-11-17(7-8-21(22)35-16(3)4)23-20-13-31(25(32)34-6-2)10-9-18(20)19(12-27)24(30)26(23,14-28)15-29/h7-9,11,16,20,23H,5-6,10,13,30H2,1-4H3/t20-,23+/m1/s1. The Bertz CT molecular complexity index is 1170. The number of nitrogens with zero attached hydrogens (tertiary/aromatic N) is 4. The zero-order chi connectivity index (χ0) is 25.8. The monoisotopic (exact) mass is 475 g/mol. The Hall–Kier alpha value is -4.16. The molecule has 1 aliphatic carbocycles. The lowest BCUT2D eigenvalue weighted by molar-refractivity contribution is 0.0999. The Labute approximate surface area is 205 Å². The molecule has 3 rings (SSSR count). The van der Waals surface area contributed by atoms with Gasteiger partial charge in [-0.05, 0) is 51.0 Å². The highest BCUT2D eigenvalue weighted by Gasteiger charge is 2.55. The number of nitriles is 3. The molecule has 2 N–H and O–H groups in total. The fourth-order valence-electron chi connectivity index (χ4n) is 4.76. The fraction of sp³-hybridized carbons (Fsp3) is 0.462. The summed E-state index contributed by atoms with van der Waals surface area (Å²) in [7, 11) is 0. The molecule has 0 bridgehead atoms. The van der Waals surface area contributed by atoms with Crippen molar-refractivity contribution in [1.29, 1.82) is 15.8 Å². The van der Waals surface area contributed by atoms with E-state index < -0.39 is 23.3 Å². The minimum Gasteiger partial charge on any atom is -0.490 e. The second kappa shape index (κ2) is 10.4. The Morgan fingerprint density at radius 1 is 1.20 bits per heavy atom. The van der Waals surface area contributed by atoms with Gasteiger partial charge in [-0.2, -0.15) is 15.8 Å². The molecule has 1 amide bonds. The van der Waals surface area contributed by atoms with Crippen molar-refractivity contribution in [2.75, 3.05) is 26.3 Å². The van der Waals surface area contributed by atoms with E-state index in [4.69, 9.17) is 19.9 Å². The van der Waals surface area contributed by atoms with E-state index in [9.17, 15) is 20.6 Å². The molecule has 1 heterocycles. The minimum absolute atomic E-state index is 0.0810. The Balaban J connectivity index is 2.24. The second-order valence-electron chi connectivity index (χ2n) is 8.59. The number of allylic oxidation sites excluding steroid dienone is 2. The number of hydrogen-bond acceptors (Lipinski definition) is 8. The molecule has 0 saturated heterocycles. The predicted octanol–water partition coefficient (Wildman–Crippen LogP) is 3.75. The number of amides is 1. The fourth-order valence-corrected chi connectivity index (χ4v) is 4.76. The molecular formula is C26H29N5O4. The van der Waals surface area contributed by atoms with Crippen molar-refractivity contribution in [1.82, 2.24) is 4.90 Å². The smallest absolute Gasteiger partial charge is 0.410 e. The Kier molecular flexibility index (Phi) is 7.57. The summed E-state index contributed by atoms with van der Waals surface area (Å²) in [5.41, 5.74) is 5.82. The van der Waals surface area contributed by atoms with E-state index in [1.54, 1.807) is 31.2 Å². The van der Waals surface area contributed by atoms with Crippen LogP contribution in [0.1, 0.15) is 39.2 Å². The highest BCUT2D eigenvalue weighted by Crippen LogP contribution is 2.55. The van der Waals surface area contributed by atoms with E-state index in [1.807, 2.05) is 20.8 Å². The summed E-state index contributed by atoms with van der Waals surface area (Å²) >= 11 is 0. The summed E-state index contributed by atoms with van der Waals surface area (Å²) < 4.78 is 16.9. The van der Waals surface area contributed by atoms with Crippen LogP contribution in [-0.4, -0.2) is 43.4 Å². The number of nitrogens with two attached hydrogens (primary N) is 1. The molecule has 182 valence electrons. The average Bonchev–Trinajstić information content (AvgIpc) is 2.84. The summed E-state index contributed by atoms with van der Waals surface area (Å²) in [5.74, 6) is -0.304. The number of rotatable bonds is 6. The van der Waals surface area contributed by atoms with Crippen LogP contribution < -0.4 is 15.2 Å². The zero-order valence-electron chi connectivity index (χ0n) is 20.4. The largest absolute Gasteiger partial charge is 0.490 e. The second-order valence-corrected chi connectivity index (χ2v) is 8.59. The maximum Gasteiger partial charge on any atom is 0.410 e. The van der Waals surface area contributed by atoms with Crippen molar-refractivity contribution in [2.24, 2.45) is 17.1 Å². The third kappa shape index (κ3) is 4.48. The molecule has 0 fully saturated rings. The van der Waals surface area contributed by atoms with Crippen molar-refractivity contribution in [3.8, 4) is 29.7 Å². The number of fused-ring (bicyclic) bond motifs is 1. The maximum atomic E-state index is 12.5. The average molecular weight is 476 g/mol. The first-order valence-corrected chi connectivity index (χ1v) is 11.6. The van der Waals surface area contributed by atoms with Crippen LogP contribution in [0.2, 0.25) is 0 Å². The van der Waals surface area contributed by atoms with Gasteiger partial charge in [0.15, 0.2) is 16.9 Å². The molecule has 2 aliphatic rings. The number of hydrogen-bond donors (Lipinski definition) is 1. The van der Waals surface area contributed by atoms with Gasteiger partial charge in [0.2, 0.25) is 0 Å². The predicted molar refractivity (Wildman–Crippen MR) is 127 cm³/mol. The molecule has 1 aromatic carbocycles. The Morgan fingerprint density at radius 3 is 2.49 bits per heavy atom. The van der Waals surface area contributed by atoms with E-state index in [1.165, 1.54) is 4.90 Å². The van der Waals surface area contributed by atoms with Crippen molar-refractivity contribution in [3.05, 3.63) is 46.7 Å². The van der Waals surface area contributed by atoms with Gasteiger partial charge in [-0.25, -0.2) is 4.79 Å². The van der Waals surface area contributed by atoms with Gasteiger partial charge in [0.25, 0.3) is 0 Å². The number of carbonyl (C=O) groups is 1. The number of carbonyl (C=O) groups excluding carboxylic acids is 1. The molecular weight excluding hydrogens is 446 g/mol. The minimum atomic E-state index is -1.82. The first-order chi connectivity index (χ1) is 16.8. The molecule has 0 spiro atoms. The SMILES string of the molecule is CCOC(=O)N1CC=C2C(C#N)=C(N)C(C#N)(C#N)[C@@H](c3ccc(OC(C)C)c(OCC)c3)[C@@H]2C1. The quantitative estimate of drug-likeness (QED) is 0.654. The lowest BCUT2D eigenvalue weighted by Gasteiger charge is -2.45. The van der Waals surface area contributed by atoms with Gasteiger partial charge in [-0.15, -0.1) is 0 Å². The van der Waals surface area contributed by atoms with Gasteiger partial charge < -0.3 is 24.8 Å². The highest BCUT2D eigenvalue weighted by molar-refractivity contribution is 5.69. The van der Waals surface area contributed by atoms with Crippen LogP contribution in [0.4, 0.5) is 4.79 Å². The lowest BCUT2D eigenvalue weighted by Crippen LogP contribution is -2.49. The van der Waals surface area contributed by atoms with Crippen LogP contribution in [-0.2, 0) is 4.74 Å². The van der Waals surface area contributed by atoms with E-state index >= 15 is 0 Å². The molecule has 0 radical (unpaired) electrons. The zero-order valence-corrected chi connectivity index (χ0v) is 20.4. The van der Waals surface area contributed by atoms with Crippen LogP contribution in [0.5, 0.6) is 11.5 Å². The molecule has 9 heteroatoms. The van der Waals surface area contributed by atoms with Crippen molar-refractivity contribution < 1.29 is 19.0 Å². The van der Waals surface area contributed by atoms with Gasteiger partial charge in [0.05, 0.1) is 42.7 Å². The van der Waals surface area contributed by atoms with Crippen LogP contribution in [0, 0.1) is 45.3 Å². The van der Waals surface area contributed by atoms with E-state index in [0.29, 0.717) is 29.2 Å². The summed E-state index contributed by atoms with van der Waals surface area (Å²) in [5, 5.41) is 30.4. The molecule has 35 heavy (non-hydrogen) atoms. The Morgan fingerprint density at radius 2 is 1.91 bits per heavy atom. The first kappa shape index (κ1) is 25.5. The first-order valence-electron chi connectivity index (χ1n) is 11.6. The van der Waals surface area contributed by atoms with Gasteiger partial charge in [0, 0.05) is 24.9 Å². The lowest BCUT2D eigenvalue weighted by atomic mass is 9.58. The molecule has 0 saturated carbocycles. The summed E-state index contributed by atoms with van der Waals surface area (Å²) in [6, 6.07) is 11.6. The van der Waals surface area contributed by atoms with E-state index in [-0.39, 0.29) is 37.1 Å². The van der Waals surface area contributed by atoms with E-state index in [2.05, 4.69) is 18.2 Å². The molecule has 1 aromatic rings. The van der Waals surface area contributed by atoms with Crippen LogP contribution in [0.15, 0.2) is 41.1 Å². The summed E-state index contributed by atoms with van der Waals surface area (Å²) in [6.07, 6.45) is 1.16. The summed E-state index contributed by atoms with van der Waals surface area (Å²) in [6.45, 7) is 8.36. The topological polar surface area (TPSA) is 145 Å². The highest BCUT2D eigenvalue weighted by atomic mass is 16.6. The normalized spacial score (nSPS) is 20.6. The molecule has 0 aromatic heterocycles. The maximum absolute atomic E-state index is 12.5. The van der Waals surface area contributed by atoms with Gasteiger partial charge in [-0.1, -0.05) is 12.1 Å². The van der Waals surface area contributed by atoms with Crippen LogP contribution >= 0.6 is 0 Å². The van der Waals surface area contributed by atoms with Gasteiger partial charge in [0.1, 0.15) is 6.07 Å². The van der Waals surface area contributed by atoms with Gasteiger partial charge >= 0.3 is 6.09 Å². The van der Waals surface area contributed by atoms with Gasteiger partial charge in [-0.3, -0.25) is 0 Å². The summed E-state index contributed by atoms with van der Waals surface area (Å²) in [4.78, 5) is 14.0. The molecule has 0 unspecified atom stereocenters. The third-order valence-corrected chi connectivity index (χ3v) is 6.18. The van der Waals surface area contributed by atoms with Crippen molar-refractivity contribution in [2.45, 2.75) is 39.7 Å². The molecule has 1 aliphatic heterocycles. The third-order valence-electron chi connectivity index (χ3n) is 6.18. The van der Waals surface area contributed by atoms with Crippen molar-refractivity contribution >= 4 is 6.09 Å². The van der Waals surface area contributed by atoms with E-state index in [0.717, 1.165) is 0 Å². The molecule has 2 atom stereocenters. The molecule has 9 nitrogen and oxygen atoms in total. The number of ether oxygens (including phenoxy) is 3. The number of benzene rings is 1. The van der Waals surface area contributed by atoms with Crippen molar-refractivity contribution in [3.63, 3.8) is 0 Å². The van der Waals surface area contributed by atoms with Crippen LogP contribution in [0.3, 0.4) is 0 Å².